The van der Waals surface area contributed by atoms with Crippen LogP contribution in [0.1, 0.15) is 31.2 Å². The van der Waals surface area contributed by atoms with Crippen molar-refractivity contribution < 1.29 is 9.18 Å². The van der Waals surface area contributed by atoms with Gasteiger partial charge in [-0.25, -0.2) is 4.39 Å². The first-order valence-electron chi connectivity index (χ1n) is 7.44. The first kappa shape index (κ1) is 15.0. The lowest BCUT2D eigenvalue weighted by Crippen LogP contribution is -2.38. The van der Waals surface area contributed by atoms with Crippen LogP contribution >= 0.6 is 11.6 Å². The number of nitrogens with one attached hydrogen (secondary N) is 1. The molecule has 3 rings (SSSR count). The molecule has 1 saturated carbocycles. The maximum atomic E-state index is 13.8. The smallest absolute Gasteiger partial charge is 0.235 e. The molecular weight excluding hydrogens is 301 g/mol. The molecule has 0 bridgehead atoms. The number of benzene rings is 2. The summed E-state index contributed by atoms with van der Waals surface area (Å²) in [6, 6.07) is 13.6. The summed E-state index contributed by atoms with van der Waals surface area (Å²) < 4.78 is 13.8. The van der Waals surface area contributed by atoms with Gasteiger partial charge in [-0.1, -0.05) is 48.7 Å². The normalized spacial score (nSPS) is 16.5. The summed E-state index contributed by atoms with van der Waals surface area (Å²) in [6.45, 7) is 0. The summed E-state index contributed by atoms with van der Waals surface area (Å²) in [4.78, 5) is 12.9. The minimum Gasteiger partial charge on any atom is -0.323 e. The average molecular weight is 318 g/mol. The molecule has 0 saturated heterocycles. The molecule has 1 aliphatic rings. The highest BCUT2D eigenvalue weighted by molar-refractivity contribution is 6.30. The molecule has 0 radical (unpaired) electrons. The Balaban J connectivity index is 1.92. The van der Waals surface area contributed by atoms with E-state index in [0.717, 1.165) is 31.2 Å². The van der Waals surface area contributed by atoms with Gasteiger partial charge in [-0.2, -0.15) is 0 Å². The zero-order chi connectivity index (χ0) is 15.6. The molecule has 1 N–H and O–H groups in total. The second kappa shape index (κ2) is 6.09. The van der Waals surface area contributed by atoms with Gasteiger partial charge in [0.05, 0.1) is 11.1 Å². The molecule has 0 unspecified atom stereocenters. The van der Waals surface area contributed by atoms with Crippen LogP contribution in [0.25, 0.3) is 0 Å². The first-order chi connectivity index (χ1) is 10.6. The number of para-hydroxylation sites is 1. The Kier molecular flexibility index (Phi) is 4.16. The zero-order valence-electron chi connectivity index (χ0n) is 12.1. The van der Waals surface area contributed by atoms with E-state index in [1.165, 1.54) is 6.07 Å². The van der Waals surface area contributed by atoms with Crippen LogP contribution in [0.3, 0.4) is 0 Å². The van der Waals surface area contributed by atoms with Gasteiger partial charge in [-0.15, -0.1) is 0 Å². The molecule has 2 aromatic carbocycles. The Morgan fingerprint density at radius 1 is 1.05 bits per heavy atom. The van der Waals surface area contributed by atoms with Crippen LogP contribution in [0.15, 0.2) is 48.5 Å². The lowest BCUT2D eigenvalue weighted by Gasteiger charge is -2.28. The Labute approximate surface area is 134 Å². The molecule has 4 heteroatoms. The molecule has 114 valence electrons. The summed E-state index contributed by atoms with van der Waals surface area (Å²) in [5, 5.41) is 3.40. The molecule has 22 heavy (non-hydrogen) atoms. The maximum absolute atomic E-state index is 13.8. The standard InChI is InChI=1S/C18H17ClFNO/c19-14-9-7-13(8-10-14)18(11-3-4-12-18)17(22)21-16-6-2-1-5-15(16)20/h1-2,5-10H,3-4,11-12H2,(H,21,22). The van der Waals surface area contributed by atoms with Crippen LogP contribution in [0.5, 0.6) is 0 Å². The van der Waals surface area contributed by atoms with Crippen molar-refractivity contribution in [3.05, 3.63) is 64.9 Å². The summed E-state index contributed by atoms with van der Waals surface area (Å²) in [5.41, 5.74) is 0.586. The van der Waals surface area contributed by atoms with Crippen molar-refractivity contribution in [3.8, 4) is 0 Å². The van der Waals surface area contributed by atoms with Gasteiger partial charge in [0.15, 0.2) is 0 Å². The number of carbonyl (C=O) groups is 1. The van der Waals surface area contributed by atoms with Gasteiger partial charge in [0, 0.05) is 5.02 Å². The quantitative estimate of drug-likeness (QED) is 0.854. The predicted molar refractivity (Wildman–Crippen MR) is 86.6 cm³/mol. The molecule has 2 aromatic rings. The molecule has 1 fully saturated rings. The fourth-order valence-electron chi connectivity index (χ4n) is 3.20. The van der Waals surface area contributed by atoms with Crippen molar-refractivity contribution in [3.63, 3.8) is 0 Å². The number of hydrogen-bond acceptors (Lipinski definition) is 1. The van der Waals surface area contributed by atoms with E-state index in [2.05, 4.69) is 5.32 Å². The fourth-order valence-corrected chi connectivity index (χ4v) is 3.32. The summed E-state index contributed by atoms with van der Waals surface area (Å²) in [7, 11) is 0. The summed E-state index contributed by atoms with van der Waals surface area (Å²) >= 11 is 5.94. The van der Waals surface area contributed by atoms with E-state index in [4.69, 9.17) is 11.6 Å². The van der Waals surface area contributed by atoms with Gasteiger partial charge in [0.2, 0.25) is 5.91 Å². The molecule has 0 spiro atoms. The number of halogens is 2. The highest BCUT2D eigenvalue weighted by Gasteiger charge is 2.42. The zero-order valence-corrected chi connectivity index (χ0v) is 12.9. The molecule has 2 nitrogen and oxygen atoms in total. The van der Waals surface area contributed by atoms with Gasteiger partial charge in [-0.05, 0) is 42.7 Å². The van der Waals surface area contributed by atoms with Crippen molar-refractivity contribution >= 4 is 23.2 Å². The lowest BCUT2D eigenvalue weighted by molar-refractivity contribution is -0.121. The molecule has 0 aliphatic heterocycles. The minimum absolute atomic E-state index is 0.141. The number of hydrogen-bond donors (Lipinski definition) is 1. The predicted octanol–water partition coefficient (Wildman–Crippen LogP) is 4.93. The van der Waals surface area contributed by atoms with Crippen LogP contribution in [-0.4, -0.2) is 5.91 Å². The molecule has 0 atom stereocenters. The fraction of sp³-hybridized carbons (Fsp3) is 0.278. The maximum Gasteiger partial charge on any atom is 0.235 e. The summed E-state index contributed by atoms with van der Waals surface area (Å²) in [6.07, 6.45) is 3.53. The topological polar surface area (TPSA) is 29.1 Å². The van der Waals surface area contributed by atoms with Crippen LogP contribution in [-0.2, 0) is 10.2 Å². The molecule has 1 amide bonds. The highest BCUT2D eigenvalue weighted by Crippen LogP contribution is 2.42. The second-order valence-corrected chi connectivity index (χ2v) is 6.17. The molecule has 0 aromatic heterocycles. The monoisotopic (exact) mass is 317 g/mol. The molecule has 0 heterocycles. The van der Waals surface area contributed by atoms with E-state index in [1.54, 1.807) is 30.3 Å². The first-order valence-corrected chi connectivity index (χ1v) is 7.82. The largest absolute Gasteiger partial charge is 0.323 e. The third-order valence-corrected chi connectivity index (χ3v) is 4.66. The van der Waals surface area contributed by atoms with E-state index >= 15 is 0 Å². The van der Waals surface area contributed by atoms with Gasteiger partial charge < -0.3 is 5.32 Å². The van der Waals surface area contributed by atoms with Crippen molar-refractivity contribution in [2.45, 2.75) is 31.1 Å². The minimum atomic E-state index is -0.590. The van der Waals surface area contributed by atoms with Crippen LogP contribution in [0.4, 0.5) is 10.1 Å². The third kappa shape index (κ3) is 2.73. The second-order valence-electron chi connectivity index (χ2n) is 5.73. The Bertz CT molecular complexity index is 678. The SMILES string of the molecule is O=C(Nc1ccccc1F)C1(c2ccc(Cl)cc2)CCCC1. The number of carbonyl (C=O) groups excluding carboxylic acids is 1. The average Bonchev–Trinajstić information content (AvgIpc) is 3.01. The van der Waals surface area contributed by atoms with Gasteiger partial charge >= 0.3 is 0 Å². The highest BCUT2D eigenvalue weighted by atomic mass is 35.5. The van der Waals surface area contributed by atoms with Gasteiger partial charge in [0.25, 0.3) is 0 Å². The van der Waals surface area contributed by atoms with E-state index < -0.39 is 11.2 Å². The Morgan fingerprint density at radius 3 is 2.32 bits per heavy atom. The van der Waals surface area contributed by atoms with Crippen molar-refractivity contribution in [1.29, 1.82) is 0 Å². The van der Waals surface area contributed by atoms with E-state index in [1.807, 2.05) is 12.1 Å². The van der Waals surface area contributed by atoms with Crippen LogP contribution in [0.2, 0.25) is 5.02 Å². The number of rotatable bonds is 3. The van der Waals surface area contributed by atoms with E-state index in [-0.39, 0.29) is 11.6 Å². The van der Waals surface area contributed by atoms with Gasteiger partial charge in [-0.3, -0.25) is 4.79 Å². The van der Waals surface area contributed by atoms with Crippen LogP contribution in [0, 0.1) is 5.82 Å². The Hall–Kier alpha value is -1.87. The van der Waals surface area contributed by atoms with Gasteiger partial charge in [0.1, 0.15) is 5.82 Å². The summed E-state index contributed by atoms with van der Waals surface area (Å²) in [5.74, 6) is -0.558. The third-order valence-electron chi connectivity index (χ3n) is 4.41. The van der Waals surface area contributed by atoms with Crippen molar-refractivity contribution in [2.75, 3.05) is 5.32 Å². The lowest BCUT2D eigenvalue weighted by atomic mass is 9.78. The van der Waals surface area contributed by atoms with Crippen LogP contribution < -0.4 is 5.32 Å². The van der Waals surface area contributed by atoms with Crippen molar-refractivity contribution in [1.82, 2.24) is 0 Å². The number of amides is 1. The molecule has 1 aliphatic carbocycles. The van der Waals surface area contributed by atoms with E-state index in [0.29, 0.717) is 5.02 Å². The number of anilines is 1. The molecular formula is C18H17ClFNO. The van der Waals surface area contributed by atoms with E-state index in [9.17, 15) is 9.18 Å². The Morgan fingerprint density at radius 2 is 1.68 bits per heavy atom. The van der Waals surface area contributed by atoms with Crippen molar-refractivity contribution in [2.24, 2.45) is 0 Å².